The van der Waals surface area contributed by atoms with Crippen molar-refractivity contribution >= 4 is 17.7 Å². The van der Waals surface area contributed by atoms with Gasteiger partial charge in [0, 0.05) is 20.0 Å². The zero-order valence-electron chi connectivity index (χ0n) is 15.2. The molecule has 0 aliphatic carbocycles. The first-order valence-electron chi connectivity index (χ1n) is 8.67. The van der Waals surface area contributed by atoms with Gasteiger partial charge in [0.15, 0.2) is 0 Å². The molecule has 134 valence electrons. The molecule has 0 spiro atoms. The quantitative estimate of drug-likeness (QED) is 0.778. The van der Waals surface area contributed by atoms with Gasteiger partial charge < -0.3 is 4.90 Å². The third-order valence-electron chi connectivity index (χ3n) is 4.93. The van der Waals surface area contributed by atoms with E-state index in [1.165, 1.54) is 4.90 Å². The van der Waals surface area contributed by atoms with Crippen LogP contribution >= 0.6 is 0 Å². The van der Waals surface area contributed by atoms with E-state index in [0.717, 1.165) is 11.1 Å². The van der Waals surface area contributed by atoms with Gasteiger partial charge in [-0.2, -0.15) is 0 Å². The van der Waals surface area contributed by atoms with E-state index >= 15 is 0 Å². The van der Waals surface area contributed by atoms with E-state index in [1.807, 2.05) is 50.2 Å². The molecule has 0 N–H and O–H groups in total. The summed E-state index contributed by atoms with van der Waals surface area (Å²) in [7, 11) is 1.74. The Labute approximate surface area is 153 Å². The fourth-order valence-electron chi connectivity index (χ4n) is 3.16. The van der Waals surface area contributed by atoms with E-state index in [9.17, 15) is 14.4 Å². The van der Waals surface area contributed by atoms with Crippen LogP contribution in [0.2, 0.25) is 0 Å². The van der Waals surface area contributed by atoms with Crippen molar-refractivity contribution in [3.63, 3.8) is 0 Å². The van der Waals surface area contributed by atoms with Gasteiger partial charge in [-0.3, -0.25) is 19.3 Å². The number of aryl methyl sites for hydroxylation is 1. The second-order valence-electron chi connectivity index (χ2n) is 6.65. The fraction of sp³-hybridized carbons (Fsp3) is 0.286. The van der Waals surface area contributed by atoms with Crippen molar-refractivity contribution in [3.8, 4) is 0 Å². The van der Waals surface area contributed by atoms with Crippen molar-refractivity contribution in [2.24, 2.45) is 0 Å². The molecule has 3 rings (SSSR count). The summed E-state index contributed by atoms with van der Waals surface area (Å²) in [5, 5.41) is 0. The van der Waals surface area contributed by atoms with Gasteiger partial charge in [0.25, 0.3) is 11.8 Å². The maximum Gasteiger partial charge on any atom is 0.261 e. The van der Waals surface area contributed by atoms with Gasteiger partial charge in [0.05, 0.1) is 17.2 Å². The number of fused-ring (bicyclic) bond motifs is 1. The maximum atomic E-state index is 12.5. The van der Waals surface area contributed by atoms with E-state index in [-0.39, 0.29) is 36.7 Å². The van der Waals surface area contributed by atoms with Crippen molar-refractivity contribution in [2.75, 3.05) is 13.6 Å². The molecule has 3 amide bonds. The molecule has 1 heterocycles. The van der Waals surface area contributed by atoms with Crippen molar-refractivity contribution in [1.82, 2.24) is 9.80 Å². The monoisotopic (exact) mass is 350 g/mol. The standard InChI is InChI=1S/C21H22N2O3/c1-14-9-10-17-18(13-14)21(26)23(20(17)25)12-11-19(24)22(3)15(2)16-7-5-4-6-8-16/h4-10,13,15H,11-12H2,1-3H3/t15-/m0/s1. The minimum atomic E-state index is -0.323. The number of amides is 3. The average Bonchev–Trinajstić information content (AvgIpc) is 2.89. The minimum Gasteiger partial charge on any atom is -0.339 e. The third kappa shape index (κ3) is 3.25. The van der Waals surface area contributed by atoms with E-state index in [1.54, 1.807) is 24.1 Å². The molecule has 5 heteroatoms. The SMILES string of the molecule is Cc1ccc2c(c1)C(=O)N(CCC(=O)N(C)[C@@H](C)c1ccccc1)C2=O. The molecule has 0 unspecified atom stereocenters. The largest absolute Gasteiger partial charge is 0.339 e. The smallest absolute Gasteiger partial charge is 0.261 e. The Bertz CT molecular complexity index is 861. The normalized spacial score (nSPS) is 14.3. The molecule has 0 fully saturated rings. The predicted octanol–water partition coefficient (Wildman–Crippen LogP) is 3.20. The Morgan fingerprint density at radius 1 is 1.04 bits per heavy atom. The second-order valence-corrected chi connectivity index (χ2v) is 6.65. The Morgan fingerprint density at radius 3 is 2.38 bits per heavy atom. The summed E-state index contributed by atoms with van der Waals surface area (Å²) < 4.78 is 0. The van der Waals surface area contributed by atoms with Crippen molar-refractivity contribution in [1.29, 1.82) is 0 Å². The molecule has 1 aliphatic heterocycles. The number of benzene rings is 2. The third-order valence-corrected chi connectivity index (χ3v) is 4.93. The number of carbonyl (C=O) groups excluding carboxylic acids is 3. The molecule has 0 saturated carbocycles. The van der Waals surface area contributed by atoms with Crippen LogP contribution in [-0.2, 0) is 4.79 Å². The lowest BCUT2D eigenvalue weighted by atomic mass is 10.1. The van der Waals surface area contributed by atoms with Crippen LogP contribution < -0.4 is 0 Å². The lowest BCUT2D eigenvalue weighted by molar-refractivity contribution is -0.131. The van der Waals surface area contributed by atoms with Crippen molar-refractivity contribution < 1.29 is 14.4 Å². The zero-order valence-corrected chi connectivity index (χ0v) is 15.2. The fourth-order valence-corrected chi connectivity index (χ4v) is 3.16. The van der Waals surface area contributed by atoms with Gasteiger partial charge in [-0.05, 0) is 31.5 Å². The number of nitrogens with zero attached hydrogens (tertiary/aromatic N) is 2. The number of carbonyl (C=O) groups is 3. The summed E-state index contributed by atoms with van der Waals surface area (Å²) in [6.07, 6.45) is 0.109. The number of hydrogen-bond donors (Lipinski definition) is 0. The second kappa shape index (κ2) is 7.12. The van der Waals surface area contributed by atoms with Crippen LogP contribution in [0.15, 0.2) is 48.5 Å². The van der Waals surface area contributed by atoms with Crippen LogP contribution in [0, 0.1) is 6.92 Å². The molecule has 0 radical (unpaired) electrons. The first-order valence-corrected chi connectivity index (χ1v) is 8.67. The number of imide groups is 1. The summed E-state index contributed by atoms with van der Waals surface area (Å²) in [5.41, 5.74) is 2.81. The minimum absolute atomic E-state index is 0.0754. The maximum absolute atomic E-state index is 12.5. The molecule has 0 aromatic heterocycles. The Hall–Kier alpha value is -2.95. The van der Waals surface area contributed by atoms with E-state index in [0.29, 0.717) is 11.1 Å². The highest BCUT2D eigenvalue weighted by atomic mass is 16.2. The summed E-state index contributed by atoms with van der Waals surface area (Å²) in [5.74, 6) is -0.745. The number of rotatable bonds is 5. The topological polar surface area (TPSA) is 57.7 Å². The van der Waals surface area contributed by atoms with Crippen molar-refractivity contribution in [2.45, 2.75) is 26.3 Å². The summed E-state index contributed by atoms with van der Waals surface area (Å²) >= 11 is 0. The van der Waals surface area contributed by atoms with E-state index in [2.05, 4.69) is 0 Å². The van der Waals surface area contributed by atoms with Gasteiger partial charge in [0.2, 0.25) is 5.91 Å². The van der Waals surface area contributed by atoms with Crippen LogP contribution in [0.3, 0.4) is 0 Å². The van der Waals surface area contributed by atoms with Crippen LogP contribution in [-0.4, -0.2) is 41.1 Å². The van der Waals surface area contributed by atoms with Crippen LogP contribution in [0.25, 0.3) is 0 Å². The molecular formula is C21H22N2O3. The highest BCUT2D eigenvalue weighted by Gasteiger charge is 2.35. The Morgan fingerprint density at radius 2 is 1.69 bits per heavy atom. The Kier molecular flexibility index (Phi) is 4.89. The summed E-state index contributed by atoms with van der Waals surface area (Å²) in [6.45, 7) is 3.93. The molecule has 5 nitrogen and oxygen atoms in total. The van der Waals surface area contributed by atoms with Crippen LogP contribution in [0.4, 0.5) is 0 Å². The molecule has 26 heavy (non-hydrogen) atoms. The average molecular weight is 350 g/mol. The van der Waals surface area contributed by atoms with Crippen LogP contribution in [0.1, 0.15) is 51.2 Å². The zero-order chi connectivity index (χ0) is 18.8. The molecule has 1 aliphatic rings. The van der Waals surface area contributed by atoms with Gasteiger partial charge >= 0.3 is 0 Å². The lowest BCUT2D eigenvalue weighted by Gasteiger charge is -2.26. The highest BCUT2D eigenvalue weighted by molar-refractivity contribution is 6.21. The first-order chi connectivity index (χ1) is 12.4. The summed E-state index contributed by atoms with van der Waals surface area (Å²) in [6, 6.07) is 14.9. The number of hydrogen-bond acceptors (Lipinski definition) is 3. The summed E-state index contributed by atoms with van der Waals surface area (Å²) in [4.78, 5) is 40.3. The molecule has 0 saturated heterocycles. The lowest BCUT2D eigenvalue weighted by Crippen LogP contribution is -2.36. The van der Waals surface area contributed by atoms with E-state index < -0.39 is 0 Å². The molecular weight excluding hydrogens is 328 g/mol. The molecule has 2 aromatic rings. The van der Waals surface area contributed by atoms with Gasteiger partial charge in [-0.15, -0.1) is 0 Å². The van der Waals surface area contributed by atoms with Crippen LogP contribution in [0.5, 0.6) is 0 Å². The Balaban J connectivity index is 1.65. The van der Waals surface area contributed by atoms with Crippen molar-refractivity contribution in [3.05, 3.63) is 70.8 Å². The van der Waals surface area contributed by atoms with Gasteiger partial charge in [-0.1, -0.05) is 42.0 Å². The molecule has 0 bridgehead atoms. The van der Waals surface area contributed by atoms with E-state index in [4.69, 9.17) is 0 Å². The van der Waals surface area contributed by atoms with Gasteiger partial charge in [-0.25, -0.2) is 0 Å². The predicted molar refractivity (Wildman–Crippen MR) is 98.8 cm³/mol. The van der Waals surface area contributed by atoms with Gasteiger partial charge in [0.1, 0.15) is 0 Å². The highest BCUT2D eigenvalue weighted by Crippen LogP contribution is 2.24. The molecule has 1 atom stereocenters. The first kappa shape index (κ1) is 17.9. The molecule has 2 aromatic carbocycles.